The molecule has 29 heavy (non-hydrogen) atoms. The lowest BCUT2D eigenvalue weighted by molar-refractivity contribution is -0.122. The summed E-state index contributed by atoms with van der Waals surface area (Å²) in [7, 11) is 0. The van der Waals surface area contributed by atoms with Gasteiger partial charge in [-0.25, -0.2) is 8.78 Å². The Balaban J connectivity index is 1.69. The first kappa shape index (κ1) is 18.8. The topological polar surface area (TPSA) is 51.1 Å². The highest BCUT2D eigenvalue weighted by Crippen LogP contribution is 2.20. The minimum atomic E-state index is -0.957. The van der Waals surface area contributed by atoms with E-state index in [1.807, 2.05) is 12.1 Å². The molecule has 1 heterocycles. The molecule has 1 N–H and O–H groups in total. The first-order valence-electron chi connectivity index (χ1n) is 9.20. The number of pyridine rings is 1. The van der Waals surface area contributed by atoms with Crippen LogP contribution in [0, 0.1) is 11.6 Å². The van der Waals surface area contributed by atoms with E-state index in [9.17, 15) is 18.4 Å². The van der Waals surface area contributed by atoms with Crippen LogP contribution in [0.4, 0.5) is 8.78 Å². The van der Waals surface area contributed by atoms with Crippen LogP contribution in [0.15, 0.2) is 71.5 Å². The zero-order chi connectivity index (χ0) is 20.5. The van der Waals surface area contributed by atoms with Gasteiger partial charge in [-0.3, -0.25) is 9.59 Å². The van der Waals surface area contributed by atoms with Gasteiger partial charge in [-0.2, -0.15) is 0 Å². The zero-order valence-corrected chi connectivity index (χ0v) is 15.7. The van der Waals surface area contributed by atoms with Crippen LogP contribution in [-0.4, -0.2) is 10.5 Å². The van der Waals surface area contributed by atoms with Crippen molar-refractivity contribution in [3.8, 4) is 0 Å². The highest BCUT2D eigenvalue weighted by molar-refractivity contribution is 5.94. The van der Waals surface area contributed by atoms with Crippen LogP contribution < -0.4 is 10.7 Å². The van der Waals surface area contributed by atoms with Gasteiger partial charge >= 0.3 is 0 Å². The third kappa shape index (κ3) is 3.49. The van der Waals surface area contributed by atoms with Gasteiger partial charge in [-0.05, 0) is 48.9 Å². The van der Waals surface area contributed by atoms with E-state index in [4.69, 9.17) is 0 Å². The van der Waals surface area contributed by atoms with Crippen LogP contribution in [0.2, 0.25) is 0 Å². The highest BCUT2D eigenvalue weighted by atomic mass is 19.2. The lowest BCUT2D eigenvalue weighted by Crippen LogP contribution is -2.31. The summed E-state index contributed by atoms with van der Waals surface area (Å²) in [5.41, 5.74) is 1.70. The first-order chi connectivity index (χ1) is 14.0. The number of carbonyl (C=O) groups excluding carboxylic acids is 1. The minimum Gasteiger partial charge on any atom is -0.348 e. The van der Waals surface area contributed by atoms with E-state index in [1.54, 1.807) is 47.9 Å². The Morgan fingerprint density at radius 1 is 0.931 bits per heavy atom. The standard InChI is InChI=1S/C23H18F2N2O2/c1-14(15-10-11-18(24)19(25)12-15)26-22(28)13-27-20-8-4-2-6-16(20)23(29)17-7-3-5-9-21(17)27/h2-12,14H,13H2,1H3,(H,26,28). The fourth-order valence-electron chi connectivity index (χ4n) is 3.54. The summed E-state index contributed by atoms with van der Waals surface area (Å²) in [6.07, 6.45) is 0. The number of carbonyl (C=O) groups is 1. The smallest absolute Gasteiger partial charge is 0.240 e. The number of aromatic nitrogens is 1. The van der Waals surface area contributed by atoms with Crippen LogP contribution in [0.3, 0.4) is 0 Å². The van der Waals surface area contributed by atoms with E-state index in [0.717, 1.165) is 12.1 Å². The van der Waals surface area contributed by atoms with Crippen molar-refractivity contribution < 1.29 is 13.6 Å². The Bertz CT molecular complexity index is 1240. The third-order valence-electron chi connectivity index (χ3n) is 5.00. The van der Waals surface area contributed by atoms with E-state index in [2.05, 4.69) is 5.32 Å². The monoisotopic (exact) mass is 392 g/mol. The quantitative estimate of drug-likeness (QED) is 0.526. The molecule has 0 radical (unpaired) electrons. The summed E-state index contributed by atoms with van der Waals surface area (Å²) in [5.74, 6) is -2.19. The van der Waals surface area contributed by atoms with Crippen molar-refractivity contribution in [2.45, 2.75) is 19.5 Å². The lowest BCUT2D eigenvalue weighted by atomic mass is 10.1. The second kappa shape index (κ2) is 7.47. The zero-order valence-electron chi connectivity index (χ0n) is 15.7. The SMILES string of the molecule is CC(NC(=O)Cn1c2ccccc2c(=O)c2ccccc21)c1ccc(F)c(F)c1. The molecule has 1 atom stereocenters. The maximum absolute atomic E-state index is 13.5. The first-order valence-corrected chi connectivity index (χ1v) is 9.20. The van der Waals surface area contributed by atoms with Crippen molar-refractivity contribution in [3.63, 3.8) is 0 Å². The number of hydrogen-bond donors (Lipinski definition) is 1. The molecular formula is C23H18F2N2O2. The summed E-state index contributed by atoms with van der Waals surface area (Å²) in [6.45, 7) is 1.68. The van der Waals surface area contributed by atoms with E-state index in [-0.39, 0.29) is 17.9 Å². The number of nitrogens with zero attached hydrogens (tertiary/aromatic N) is 1. The molecule has 0 aliphatic rings. The normalized spacial score (nSPS) is 12.2. The molecule has 0 saturated heterocycles. The molecule has 1 amide bonds. The number of halogens is 2. The predicted molar refractivity (Wildman–Crippen MR) is 109 cm³/mol. The molecule has 0 aliphatic heterocycles. The average Bonchev–Trinajstić information content (AvgIpc) is 2.73. The molecule has 1 unspecified atom stereocenters. The Morgan fingerprint density at radius 3 is 2.10 bits per heavy atom. The van der Waals surface area contributed by atoms with E-state index < -0.39 is 17.7 Å². The van der Waals surface area contributed by atoms with Crippen LogP contribution in [0.1, 0.15) is 18.5 Å². The fraction of sp³-hybridized carbons (Fsp3) is 0.130. The molecule has 6 heteroatoms. The molecule has 0 saturated carbocycles. The van der Waals surface area contributed by atoms with E-state index in [0.29, 0.717) is 27.4 Å². The van der Waals surface area contributed by atoms with Gasteiger partial charge in [0.15, 0.2) is 17.1 Å². The van der Waals surface area contributed by atoms with Crippen LogP contribution in [0.5, 0.6) is 0 Å². The predicted octanol–water partition coefficient (Wildman–Crippen LogP) is 4.31. The Labute approximate surface area is 165 Å². The second-order valence-electron chi connectivity index (χ2n) is 6.91. The number of amides is 1. The molecular weight excluding hydrogens is 374 g/mol. The van der Waals surface area contributed by atoms with Gasteiger partial charge in [-0.1, -0.05) is 30.3 Å². The fourth-order valence-corrected chi connectivity index (χ4v) is 3.54. The second-order valence-corrected chi connectivity index (χ2v) is 6.91. The van der Waals surface area contributed by atoms with Gasteiger partial charge in [0, 0.05) is 10.8 Å². The molecule has 0 aliphatic carbocycles. The Morgan fingerprint density at radius 2 is 1.52 bits per heavy atom. The van der Waals surface area contributed by atoms with Crippen molar-refractivity contribution >= 4 is 27.7 Å². The van der Waals surface area contributed by atoms with E-state index >= 15 is 0 Å². The van der Waals surface area contributed by atoms with Gasteiger partial charge in [0.1, 0.15) is 6.54 Å². The molecule has 4 aromatic rings. The van der Waals surface area contributed by atoms with E-state index in [1.165, 1.54) is 6.07 Å². The minimum absolute atomic E-state index is 0.0185. The molecule has 0 bridgehead atoms. The van der Waals surface area contributed by atoms with Crippen molar-refractivity contribution in [3.05, 3.63) is 94.2 Å². The third-order valence-corrected chi connectivity index (χ3v) is 5.00. The van der Waals surface area contributed by atoms with Crippen LogP contribution in [-0.2, 0) is 11.3 Å². The summed E-state index contributed by atoms with van der Waals surface area (Å²) in [6, 6.07) is 17.3. The lowest BCUT2D eigenvalue weighted by Gasteiger charge is -2.18. The number of hydrogen-bond acceptors (Lipinski definition) is 2. The van der Waals surface area contributed by atoms with Crippen LogP contribution in [0.25, 0.3) is 21.8 Å². The van der Waals surface area contributed by atoms with Crippen LogP contribution >= 0.6 is 0 Å². The van der Waals surface area contributed by atoms with Gasteiger partial charge in [0.05, 0.1) is 17.1 Å². The molecule has 1 aromatic heterocycles. The summed E-state index contributed by atoms with van der Waals surface area (Å²) < 4.78 is 28.4. The molecule has 0 fully saturated rings. The maximum Gasteiger partial charge on any atom is 0.240 e. The Kier molecular flexibility index (Phi) is 4.84. The number of para-hydroxylation sites is 2. The van der Waals surface area contributed by atoms with Gasteiger partial charge < -0.3 is 9.88 Å². The van der Waals surface area contributed by atoms with Gasteiger partial charge in [0.2, 0.25) is 5.91 Å². The maximum atomic E-state index is 13.5. The summed E-state index contributed by atoms with van der Waals surface area (Å²) >= 11 is 0. The number of rotatable bonds is 4. The van der Waals surface area contributed by atoms with Crippen molar-refractivity contribution in [2.75, 3.05) is 0 Å². The molecule has 4 nitrogen and oxygen atoms in total. The van der Waals surface area contributed by atoms with Crippen molar-refractivity contribution in [1.29, 1.82) is 0 Å². The number of nitrogens with one attached hydrogen (secondary N) is 1. The number of benzene rings is 3. The van der Waals surface area contributed by atoms with Gasteiger partial charge in [-0.15, -0.1) is 0 Å². The average molecular weight is 392 g/mol. The van der Waals surface area contributed by atoms with Crippen molar-refractivity contribution in [2.24, 2.45) is 0 Å². The summed E-state index contributed by atoms with van der Waals surface area (Å²) in [4.78, 5) is 25.5. The number of fused-ring (bicyclic) bond motifs is 2. The van der Waals surface area contributed by atoms with Gasteiger partial charge in [0.25, 0.3) is 0 Å². The highest BCUT2D eigenvalue weighted by Gasteiger charge is 2.15. The summed E-state index contributed by atoms with van der Waals surface area (Å²) in [5, 5.41) is 3.88. The molecule has 146 valence electrons. The Hall–Kier alpha value is -3.54. The van der Waals surface area contributed by atoms with Crippen molar-refractivity contribution in [1.82, 2.24) is 9.88 Å². The molecule has 3 aromatic carbocycles. The largest absolute Gasteiger partial charge is 0.348 e. The molecule has 0 spiro atoms. The molecule has 4 rings (SSSR count).